The molecule has 0 aliphatic rings. The number of amides is 1. The molecule has 6 nitrogen and oxygen atoms in total. The third-order valence-corrected chi connectivity index (χ3v) is 5.31. The van der Waals surface area contributed by atoms with E-state index in [0.717, 1.165) is 17.7 Å². The fourth-order valence-electron chi connectivity index (χ4n) is 3.51. The molecule has 0 N–H and O–H groups in total. The summed E-state index contributed by atoms with van der Waals surface area (Å²) in [6.07, 6.45) is 2.16. The first kappa shape index (κ1) is 28.6. The van der Waals surface area contributed by atoms with Crippen LogP contribution in [-0.2, 0) is 5.92 Å². The van der Waals surface area contributed by atoms with E-state index in [2.05, 4.69) is 21.9 Å². The smallest absolute Gasteiger partial charge is 0.320 e. The molecular formula is C26H30F4N4O2. The molecule has 2 rings (SSSR count). The van der Waals surface area contributed by atoms with E-state index in [1.54, 1.807) is 42.9 Å². The molecule has 2 aromatic rings. The second-order valence-electron chi connectivity index (χ2n) is 7.98. The van der Waals surface area contributed by atoms with Crippen LogP contribution in [0.2, 0.25) is 0 Å². The van der Waals surface area contributed by atoms with E-state index in [-0.39, 0.29) is 18.4 Å². The number of ether oxygens (including phenoxy) is 1. The zero-order valence-electron chi connectivity index (χ0n) is 21.0. The summed E-state index contributed by atoms with van der Waals surface area (Å²) in [5.41, 5.74) is 0.537. The minimum atomic E-state index is -4.07. The average molecular weight is 507 g/mol. The Morgan fingerprint density at radius 1 is 1.28 bits per heavy atom. The van der Waals surface area contributed by atoms with Crippen molar-refractivity contribution in [3.63, 3.8) is 0 Å². The summed E-state index contributed by atoms with van der Waals surface area (Å²) in [7, 11) is 1.72. The summed E-state index contributed by atoms with van der Waals surface area (Å²) < 4.78 is 59.1. The summed E-state index contributed by atoms with van der Waals surface area (Å²) >= 11 is 0. The van der Waals surface area contributed by atoms with Gasteiger partial charge in [-0.15, -0.1) is 0 Å². The van der Waals surface area contributed by atoms with Crippen LogP contribution in [0.1, 0.15) is 48.8 Å². The van der Waals surface area contributed by atoms with E-state index < -0.39 is 30.2 Å². The molecule has 194 valence electrons. The number of nitrogens with zero attached hydrogens (tertiary/aromatic N) is 4. The number of anilines is 1. The Labute approximate surface area is 209 Å². The Bertz CT molecular complexity index is 1140. The summed E-state index contributed by atoms with van der Waals surface area (Å²) in [4.78, 5) is 18.5. The molecule has 1 atom stereocenters. The van der Waals surface area contributed by atoms with Gasteiger partial charge in [0.05, 0.1) is 23.5 Å². The third-order valence-electron chi connectivity index (χ3n) is 5.31. The number of carbonyl (C=O) groups is 1. The van der Waals surface area contributed by atoms with E-state index in [1.807, 2.05) is 19.9 Å². The van der Waals surface area contributed by atoms with Gasteiger partial charge in [-0.25, -0.2) is 13.8 Å². The van der Waals surface area contributed by atoms with Gasteiger partial charge in [-0.3, -0.25) is 9.80 Å². The van der Waals surface area contributed by atoms with Crippen molar-refractivity contribution in [2.24, 2.45) is 5.10 Å². The van der Waals surface area contributed by atoms with Crippen molar-refractivity contribution < 1.29 is 27.1 Å². The van der Waals surface area contributed by atoms with Gasteiger partial charge in [0.1, 0.15) is 6.61 Å². The van der Waals surface area contributed by atoms with E-state index in [1.165, 1.54) is 6.21 Å². The van der Waals surface area contributed by atoms with Gasteiger partial charge in [0.2, 0.25) is 5.88 Å². The van der Waals surface area contributed by atoms with Crippen molar-refractivity contribution in [1.82, 2.24) is 9.88 Å². The number of likely N-dealkylation sites (N-methyl/N-ethyl adjacent to an activating group) is 1. The lowest BCUT2D eigenvalue weighted by atomic mass is 10.1. The van der Waals surface area contributed by atoms with Crippen molar-refractivity contribution in [3.05, 3.63) is 53.0 Å². The molecular weight excluding hydrogens is 476 g/mol. The number of aryl methyl sites for hydroxylation is 1. The lowest BCUT2D eigenvalue weighted by molar-refractivity contribution is -0.0360. The number of carbonyl (C=O) groups excluding carboxylic acids is 1. The van der Waals surface area contributed by atoms with Gasteiger partial charge in [-0.2, -0.15) is 13.9 Å². The Morgan fingerprint density at radius 2 is 2.00 bits per heavy atom. The number of para-hydroxylation sites is 1. The molecule has 0 saturated carbocycles. The summed E-state index contributed by atoms with van der Waals surface area (Å²) in [6.45, 7) is 5.44. The molecule has 0 aliphatic carbocycles. The third kappa shape index (κ3) is 6.97. The van der Waals surface area contributed by atoms with Crippen molar-refractivity contribution >= 4 is 17.8 Å². The summed E-state index contributed by atoms with van der Waals surface area (Å²) in [6, 6.07) is 6.64. The molecule has 0 unspecified atom stereocenters. The molecule has 0 bridgehead atoms. The topological polar surface area (TPSA) is 58.0 Å². The highest BCUT2D eigenvalue weighted by Gasteiger charge is 2.37. The fourth-order valence-corrected chi connectivity index (χ4v) is 3.51. The monoisotopic (exact) mass is 506 g/mol. The number of halogens is 4. The molecule has 1 aromatic heterocycles. The molecule has 0 aliphatic heterocycles. The Hall–Kier alpha value is -3.61. The molecule has 1 heterocycles. The number of rotatable bonds is 10. The van der Waals surface area contributed by atoms with E-state index in [4.69, 9.17) is 4.74 Å². The van der Waals surface area contributed by atoms with Crippen LogP contribution in [0.5, 0.6) is 5.88 Å². The average Bonchev–Trinajstić information content (AvgIpc) is 2.86. The van der Waals surface area contributed by atoms with Crippen LogP contribution in [0.4, 0.5) is 23.2 Å². The van der Waals surface area contributed by atoms with E-state index in [0.29, 0.717) is 24.2 Å². The molecule has 1 aromatic carbocycles. The molecule has 0 radical (unpaired) electrons. The number of hydrazone groups is 1. The van der Waals surface area contributed by atoms with Crippen LogP contribution >= 0.6 is 0 Å². The number of hydrogen-bond donors (Lipinski definition) is 0. The number of pyridine rings is 1. The Kier molecular flexibility index (Phi) is 10.3. The van der Waals surface area contributed by atoms with Gasteiger partial charge in [-0.05, 0) is 38.5 Å². The molecule has 0 saturated heterocycles. The molecule has 1 amide bonds. The first-order valence-electron chi connectivity index (χ1n) is 11.5. The van der Waals surface area contributed by atoms with Crippen LogP contribution < -0.4 is 9.75 Å². The zero-order chi connectivity index (χ0) is 26.9. The van der Waals surface area contributed by atoms with Gasteiger partial charge >= 0.3 is 5.92 Å². The molecule has 10 heteroatoms. The van der Waals surface area contributed by atoms with Crippen LogP contribution in [0.3, 0.4) is 0 Å². The van der Waals surface area contributed by atoms with Crippen LogP contribution in [-0.4, -0.2) is 54.9 Å². The molecule has 0 spiro atoms. The van der Waals surface area contributed by atoms with Crippen molar-refractivity contribution in [2.45, 2.75) is 46.1 Å². The SMILES string of the molecule is CCC#C/C=N\N(C)c1c(C)cccc1C(=O)N(CC)[C@@H](C)COc1ccc(F)c(C(F)(F)CF)n1. The zero-order valence-corrected chi connectivity index (χ0v) is 21.0. The maximum atomic E-state index is 13.7. The highest BCUT2D eigenvalue weighted by Crippen LogP contribution is 2.30. The summed E-state index contributed by atoms with van der Waals surface area (Å²) in [5, 5.41) is 5.88. The minimum Gasteiger partial charge on any atom is -0.475 e. The second kappa shape index (κ2) is 12.9. The minimum absolute atomic E-state index is 0.111. The fraction of sp³-hybridized carbons (Fsp3) is 0.423. The van der Waals surface area contributed by atoms with Crippen LogP contribution in [0.15, 0.2) is 35.4 Å². The first-order valence-corrected chi connectivity index (χ1v) is 11.5. The van der Waals surface area contributed by atoms with Crippen LogP contribution in [0.25, 0.3) is 0 Å². The number of aromatic nitrogens is 1. The van der Waals surface area contributed by atoms with Crippen LogP contribution in [0, 0.1) is 24.6 Å². The van der Waals surface area contributed by atoms with E-state index in [9.17, 15) is 22.4 Å². The van der Waals surface area contributed by atoms with Gasteiger partial charge in [-0.1, -0.05) is 30.9 Å². The largest absolute Gasteiger partial charge is 0.475 e. The normalized spacial score (nSPS) is 12.1. The first-order chi connectivity index (χ1) is 17.1. The van der Waals surface area contributed by atoms with Crippen molar-refractivity contribution in [1.29, 1.82) is 0 Å². The standard InChI is InChI=1S/C26H30F4N4O2/c1-6-8-9-15-31-33(5)23-18(3)11-10-12-20(23)25(35)34(7-2)19(4)16-36-22-14-13-21(28)24(32-22)26(29,30)17-27/h10-15,19H,6-7,16-17H2,1-5H3/b31-15-/t19-/m0/s1. The predicted octanol–water partition coefficient (Wildman–Crippen LogP) is 5.36. The number of benzene rings is 1. The van der Waals surface area contributed by atoms with Crippen molar-refractivity contribution in [2.75, 3.05) is 31.9 Å². The lowest BCUT2D eigenvalue weighted by Crippen LogP contribution is -2.42. The predicted molar refractivity (Wildman–Crippen MR) is 132 cm³/mol. The van der Waals surface area contributed by atoms with E-state index >= 15 is 0 Å². The number of hydrogen-bond acceptors (Lipinski definition) is 5. The quantitative estimate of drug-likeness (QED) is 0.189. The van der Waals surface area contributed by atoms with Gasteiger partial charge in [0.15, 0.2) is 18.2 Å². The Morgan fingerprint density at radius 3 is 2.64 bits per heavy atom. The van der Waals surface area contributed by atoms with Crippen molar-refractivity contribution in [3.8, 4) is 17.7 Å². The Balaban J connectivity index is 2.24. The second-order valence-corrected chi connectivity index (χ2v) is 7.98. The molecule has 0 fully saturated rings. The number of alkyl halides is 3. The molecule has 36 heavy (non-hydrogen) atoms. The van der Waals surface area contributed by atoms with Gasteiger partial charge < -0.3 is 9.64 Å². The highest BCUT2D eigenvalue weighted by atomic mass is 19.3. The lowest BCUT2D eigenvalue weighted by Gasteiger charge is -2.30. The van der Waals surface area contributed by atoms with Gasteiger partial charge in [0.25, 0.3) is 5.91 Å². The highest BCUT2D eigenvalue weighted by molar-refractivity contribution is 6.00. The maximum Gasteiger partial charge on any atom is 0.320 e. The maximum absolute atomic E-state index is 13.7. The summed E-state index contributed by atoms with van der Waals surface area (Å²) in [5.74, 6) is -0.275. The van der Waals surface area contributed by atoms with Gasteiger partial charge in [0, 0.05) is 26.1 Å².